The molecule has 0 radical (unpaired) electrons. The molecule has 1 aliphatic rings. The molecular formula is C15H10N2O5. The van der Waals surface area contributed by atoms with E-state index in [-0.39, 0.29) is 11.3 Å². The van der Waals surface area contributed by atoms with Gasteiger partial charge in [0.25, 0.3) is 17.7 Å². The predicted molar refractivity (Wildman–Crippen MR) is 75.6 cm³/mol. The van der Waals surface area contributed by atoms with E-state index in [0.29, 0.717) is 4.57 Å². The molecule has 0 saturated carbocycles. The van der Waals surface area contributed by atoms with Crippen LogP contribution in [0.1, 0.15) is 10.4 Å². The minimum atomic E-state index is -0.686. The van der Waals surface area contributed by atoms with E-state index in [9.17, 15) is 24.6 Å². The molecule has 1 aromatic heterocycles. The third-order valence-electron chi connectivity index (χ3n) is 3.20. The third-order valence-corrected chi connectivity index (χ3v) is 3.20. The van der Waals surface area contributed by atoms with Gasteiger partial charge in [-0.1, -0.05) is 6.07 Å². The number of hydrogen-bond donors (Lipinski definition) is 2. The van der Waals surface area contributed by atoms with E-state index in [1.807, 2.05) is 0 Å². The van der Waals surface area contributed by atoms with Crippen molar-refractivity contribution < 1.29 is 24.6 Å². The van der Waals surface area contributed by atoms with Crippen LogP contribution in [0, 0.1) is 0 Å². The number of benzene rings is 1. The van der Waals surface area contributed by atoms with Crippen LogP contribution in [0.3, 0.4) is 0 Å². The molecule has 110 valence electrons. The quantitative estimate of drug-likeness (QED) is 0.806. The summed E-state index contributed by atoms with van der Waals surface area (Å²) in [7, 11) is 0. The highest BCUT2D eigenvalue weighted by Gasteiger charge is 2.26. The fourth-order valence-corrected chi connectivity index (χ4v) is 2.19. The van der Waals surface area contributed by atoms with Crippen LogP contribution >= 0.6 is 0 Å². The van der Waals surface area contributed by atoms with Gasteiger partial charge in [-0.05, 0) is 18.2 Å². The molecule has 0 fully saturated rings. The molecule has 0 bridgehead atoms. The van der Waals surface area contributed by atoms with Crippen LogP contribution in [0.2, 0.25) is 0 Å². The third kappa shape index (κ3) is 2.05. The first-order chi connectivity index (χ1) is 10.5. The number of aromatic hydroxyl groups is 2. The lowest BCUT2D eigenvalue weighted by molar-refractivity contribution is -0.119. The van der Waals surface area contributed by atoms with Crippen LogP contribution in [-0.2, 0) is 9.59 Å². The SMILES string of the molecule is O=C1C=CC(=O)N1c1cccc(C(=O)n2c(O)ccc2O)c1. The zero-order valence-corrected chi connectivity index (χ0v) is 11.1. The first-order valence-electron chi connectivity index (χ1n) is 6.29. The Labute approximate surface area is 124 Å². The Kier molecular flexibility index (Phi) is 3.03. The average Bonchev–Trinajstić information content (AvgIpc) is 3.01. The molecule has 0 atom stereocenters. The van der Waals surface area contributed by atoms with Gasteiger partial charge in [-0.3, -0.25) is 14.4 Å². The number of carbonyl (C=O) groups excluding carboxylic acids is 3. The largest absolute Gasteiger partial charge is 0.494 e. The van der Waals surface area contributed by atoms with Crippen molar-refractivity contribution in [1.29, 1.82) is 0 Å². The summed E-state index contributed by atoms with van der Waals surface area (Å²) >= 11 is 0. The summed E-state index contributed by atoms with van der Waals surface area (Å²) in [6.07, 6.45) is 2.28. The van der Waals surface area contributed by atoms with E-state index < -0.39 is 29.5 Å². The van der Waals surface area contributed by atoms with Crippen molar-refractivity contribution in [3.05, 3.63) is 54.1 Å². The topological polar surface area (TPSA) is 99.8 Å². The predicted octanol–water partition coefficient (Wildman–Crippen LogP) is 1.02. The summed E-state index contributed by atoms with van der Waals surface area (Å²) in [5, 5.41) is 19.2. The molecule has 1 aromatic carbocycles. The van der Waals surface area contributed by atoms with Gasteiger partial charge in [0.05, 0.1) is 5.69 Å². The molecule has 2 aromatic rings. The van der Waals surface area contributed by atoms with E-state index in [1.165, 1.54) is 36.4 Å². The molecule has 7 nitrogen and oxygen atoms in total. The molecular weight excluding hydrogens is 288 g/mol. The summed E-state index contributed by atoms with van der Waals surface area (Å²) < 4.78 is 0.713. The highest BCUT2D eigenvalue weighted by Crippen LogP contribution is 2.25. The minimum Gasteiger partial charge on any atom is -0.494 e. The van der Waals surface area contributed by atoms with E-state index in [2.05, 4.69) is 0 Å². The standard InChI is InChI=1S/C15H10N2O5/c18-11-4-5-12(19)16(11)10-3-1-2-9(8-10)15(22)17-13(20)6-7-14(17)21/h1-8,20-21H. The number of rotatable bonds is 2. The number of aromatic nitrogens is 1. The second kappa shape index (κ2) is 4.88. The van der Waals surface area contributed by atoms with Crippen molar-refractivity contribution in [2.45, 2.75) is 0 Å². The maximum absolute atomic E-state index is 12.3. The van der Waals surface area contributed by atoms with Crippen molar-refractivity contribution >= 4 is 23.4 Å². The average molecular weight is 298 g/mol. The van der Waals surface area contributed by atoms with Gasteiger partial charge in [0.2, 0.25) is 11.8 Å². The smallest absolute Gasteiger partial charge is 0.267 e. The van der Waals surface area contributed by atoms with Gasteiger partial charge in [0.15, 0.2) is 0 Å². The van der Waals surface area contributed by atoms with E-state index in [1.54, 1.807) is 0 Å². The van der Waals surface area contributed by atoms with Crippen molar-refractivity contribution in [2.24, 2.45) is 0 Å². The molecule has 0 saturated heterocycles. The van der Waals surface area contributed by atoms with Crippen LogP contribution in [0.15, 0.2) is 48.6 Å². The zero-order chi connectivity index (χ0) is 15.9. The van der Waals surface area contributed by atoms with E-state index >= 15 is 0 Å². The van der Waals surface area contributed by atoms with Gasteiger partial charge < -0.3 is 10.2 Å². The van der Waals surface area contributed by atoms with Crippen molar-refractivity contribution in [2.75, 3.05) is 4.90 Å². The Morgan fingerprint density at radius 1 is 0.909 bits per heavy atom. The molecule has 0 spiro atoms. The van der Waals surface area contributed by atoms with Crippen LogP contribution in [0.4, 0.5) is 5.69 Å². The summed E-state index contributed by atoms with van der Waals surface area (Å²) in [6.45, 7) is 0. The molecule has 3 rings (SSSR count). The van der Waals surface area contributed by atoms with E-state index in [4.69, 9.17) is 0 Å². The molecule has 2 amide bonds. The maximum Gasteiger partial charge on any atom is 0.267 e. The highest BCUT2D eigenvalue weighted by atomic mass is 16.3. The summed E-state index contributed by atoms with van der Waals surface area (Å²) in [4.78, 5) is 36.5. The second-order valence-corrected chi connectivity index (χ2v) is 4.59. The maximum atomic E-state index is 12.3. The second-order valence-electron chi connectivity index (χ2n) is 4.59. The number of imide groups is 1. The summed E-state index contributed by atoms with van der Waals surface area (Å²) in [6, 6.07) is 8.14. The normalized spacial score (nSPS) is 13.9. The van der Waals surface area contributed by atoms with Crippen molar-refractivity contribution in [1.82, 2.24) is 4.57 Å². The van der Waals surface area contributed by atoms with Gasteiger partial charge in [0.1, 0.15) is 0 Å². The lowest BCUT2D eigenvalue weighted by Gasteiger charge is -2.14. The number of nitrogens with zero attached hydrogens (tertiary/aromatic N) is 2. The monoisotopic (exact) mass is 298 g/mol. The first kappa shape index (κ1) is 13.6. The van der Waals surface area contributed by atoms with Crippen LogP contribution in [0.25, 0.3) is 0 Å². The Balaban J connectivity index is 2.00. The van der Waals surface area contributed by atoms with Crippen LogP contribution in [0.5, 0.6) is 11.8 Å². The first-order valence-corrected chi connectivity index (χ1v) is 6.29. The lowest BCUT2D eigenvalue weighted by atomic mass is 10.1. The van der Waals surface area contributed by atoms with Gasteiger partial charge in [-0.25, -0.2) is 9.47 Å². The lowest BCUT2D eigenvalue weighted by Crippen LogP contribution is -2.29. The molecule has 1 aliphatic heterocycles. The minimum absolute atomic E-state index is 0.104. The fraction of sp³-hybridized carbons (Fsp3) is 0. The number of carbonyl (C=O) groups is 3. The van der Waals surface area contributed by atoms with Gasteiger partial charge >= 0.3 is 0 Å². The van der Waals surface area contributed by atoms with Crippen LogP contribution in [-0.4, -0.2) is 32.5 Å². The molecule has 7 heteroatoms. The Bertz CT molecular complexity index is 797. The molecule has 2 N–H and O–H groups in total. The van der Waals surface area contributed by atoms with Crippen molar-refractivity contribution in [3.8, 4) is 11.8 Å². The highest BCUT2D eigenvalue weighted by molar-refractivity contribution is 6.28. The number of hydrogen-bond acceptors (Lipinski definition) is 5. The fourth-order valence-electron chi connectivity index (χ4n) is 2.19. The van der Waals surface area contributed by atoms with Crippen LogP contribution < -0.4 is 4.90 Å². The molecule has 0 unspecified atom stereocenters. The van der Waals surface area contributed by atoms with Gasteiger partial charge in [-0.2, -0.15) is 0 Å². The molecule has 0 aliphatic carbocycles. The molecule has 22 heavy (non-hydrogen) atoms. The van der Waals surface area contributed by atoms with Gasteiger partial charge in [0, 0.05) is 29.8 Å². The summed E-state index contributed by atoms with van der Waals surface area (Å²) in [5.41, 5.74) is 0.337. The Morgan fingerprint density at radius 3 is 2.09 bits per heavy atom. The van der Waals surface area contributed by atoms with E-state index in [0.717, 1.165) is 17.1 Å². The molecule has 2 heterocycles. The Hall–Kier alpha value is -3.35. The Morgan fingerprint density at radius 2 is 1.50 bits per heavy atom. The number of amides is 2. The van der Waals surface area contributed by atoms with Crippen molar-refractivity contribution in [3.63, 3.8) is 0 Å². The number of anilines is 1. The zero-order valence-electron chi connectivity index (χ0n) is 11.1. The summed E-state index contributed by atoms with van der Waals surface area (Å²) in [5.74, 6) is -2.51. The van der Waals surface area contributed by atoms with Gasteiger partial charge in [-0.15, -0.1) is 0 Å².